The highest BCUT2D eigenvalue weighted by atomic mass is 16.3. The lowest BCUT2D eigenvalue weighted by atomic mass is 9.99. The Bertz CT molecular complexity index is 405. The second-order valence-corrected chi connectivity index (χ2v) is 4.80. The number of aliphatic hydroxyl groups is 1. The number of hydrogen-bond acceptors (Lipinski definition) is 2. The van der Waals surface area contributed by atoms with Crippen molar-refractivity contribution in [1.82, 2.24) is 10.2 Å². The lowest BCUT2D eigenvalue weighted by Gasteiger charge is -2.21. The normalized spacial score (nSPS) is 19.8. The van der Waals surface area contributed by atoms with Crippen LogP contribution >= 0.6 is 0 Å². The van der Waals surface area contributed by atoms with E-state index in [0.29, 0.717) is 12.5 Å². The maximum atomic E-state index is 8.90. The molecule has 0 spiro atoms. The van der Waals surface area contributed by atoms with Crippen LogP contribution < -0.4 is 5.32 Å². The molecule has 1 aromatic rings. The average Bonchev–Trinajstić information content (AvgIpc) is 2.94. The first-order chi connectivity index (χ1) is 9.35. The molecule has 1 aliphatic heterocycles. The van der Waals surface area contributed by atoms with Gasteiger partial charge in [-0.05, 0) is 18.9 Å². The summed E-state index contributed by atoms with van der Waals surface area (Å²) in [4.78, 5) is 6.71. The molecule has 104 valence electrons. The summed E-state index contributed by atoms with van der Waals surface area (Å²) in [6.45, 7) is 5.52. The minimum Gasteiger partial charge on any atom is -0.394 e. The number of nitrogens with zero attached hydrogens (tertiary/aromatic N) is 2. The Kier molecular flexibility index (Phi) is 5.21. The fourth-order valence-corrected chi connectivity index (χ4v) is 2.53. The zero-order valence-electron chi connectivity index (χ0n) is 11.5. The maximum Gasteiger partial charge on any atom is 0.194 e. The molecule has 0 bridgehead atoms. The summed E-state index contributed by atoms with van der Waals surface area (Å²) in [5, 5.41) is 12.2. The molecular weight excluding hydrogens is 238 g/mol. The number of guanidine groups is 1. The SMILES string of the molecule is CCNC(=NCCO)N1CCC(c2ccccc2)C1. The van der Waals surface area contributed by atoms with Crippen LogP contribution in [0.15, 0.2) is 35.3 Å². The van der Waals surface area contributed by atoms with Gasteiger partial charge in [0.2, 0.25) is 0 Å². The monoisotopic (exact) mass is 261 g/mol. The van der Waals surface area contributed by atoms with Gasteiger partial charge in [-0.3, -0.25) is 4.99 Å². The summed E-state index contributed by atoms with van der Waals surface area (Å²) >= 11 is 0. The van der Waals surface area contributed by atoms with E-state index in [9.17, 15) is 0 Å². The van der Waals surface area contributed by atoms with Gasteiger partial charge in [0, 0.05) is 25.6 Å². The molecule has 1 atom stereocenters. The quantitative estimate of drug-likeness (QED) is 0.637. The van der Waals surface area contributed by atoms with E-state index in [-0.39, 0.29) is 6.61 Å². The summed E-state index contributed by atoms with van der Waals surface area (Å²) in [6, 6.07) is 10.7. The van der Waals surface area contributed by atoms with Crippen LogP contribution in [0.3, 0.4) is 0 Å². The fourth-order valence-electron chi connectivity index (χ4n) is 2.53. The number of aliphatic hydroxyl groups excluding tert-OH is 1. The van der Waals surface area contributed by atoms with Crippen LogP contribution in [0.25, 0.3) is 0 Å². The number of hydrogen-bond donors (Lipinski definition) is 2. The Balaban J connectivity index is 2.00. The van der Waals surface area contributed by atoms with Crippen LogP contribution in [-0.4, -0.2) is 48.8 Å². The molecule has 0 saturated carbocycles. The van der Waals surface area contributed by atoms with Crippen molar-refractivity contribution in [2.24, 2.45) is 4.99 Å². The number of nitrogens with one attached hydrogen (secondary N) is 1. The first-order valence-corrected chi connectivity index (χ1v) is 7.04. The standard InChI is InChI=1S/C15H23N3O/c1-2-16-15(17-9-11-19)18-10-8-14(12-18)13-6-4-3-5-7-13/h3-7,14,19H,2,8-12H2,1H3,(H,16,17). The van der Waals surface area contributed by atoms with E-state index in [1.165, 1.54) is 5.56 Å². The van der Waals surface area contributed by atoms with Gasteiger partial charge in [-0.25, -0.2) is 0 Å². The molecule has 1 saturated heterocycles. The van der Waals surface area contributed by atoms with E-state index in [0.717, 1.165) is 32.0 Å². The van der Waals surface area contributed by atoms with Crippen LogP contribution in [0.2, 0.25) is 0 Å². The average molecular weight is 261 g/mol. The molecule has 0 aliphatic carbocycles. The van der Waals surface area contributed by atoms with Crippen LogP contribution in [0.4, 0.5) is 0 Å². The van der Waals surface area contributed by atoms with Crippen LogP contribution in [-0.2, 0) is 0 Å². The van der Waals surface area contributed by atoms with Gasteiger partial charge in [-0.1, -0.05) is 30.3 Å². The molecule has 1 fully saturated rings. The molecule has 1 unspecified atom stereocenters. The van der Waals surface area contributed by atoms with Crippen LogP contribution in [0.1, 0.15) is 24.8 Å². The molecule has 1 heterocycles. The van der Waals surface area contributed by atoms with Crippen molar-refractivity contribution in [1.29, 1.82) is 0 Å². The fraction of sp³-hybridized carbons (Fsp3) is 0.533. The molecule has 1 aliphatic rings. The van der Waals surface area contributed by atoms with Crippen molar-refractivity contribution < 1.29 is 5.11 Å². The second-order valence-electron chi connectivity index (χ2n) is 4.80. The minimum atomic E-state index is 0.102. The smallest absolute Gasteiger partial charge is 0.194 e. The van der Waals surface area contributed by atoms with Crippen molar-refractivity contribution >= 4 is 5.96 Å². The van der Waals surface area contributed by atoms with Gasteiger partial charge in [0.1, 0.15) is 0 Å². The third-order valence-corrected chi connectivity index (χ3v) is 3.46. The third kappa shape index (κ3) is 3.70. The molecule has 4 heteroatoms. The number of likely N-dealkylation sites (tertiary alicyclic amines) is 1. The minimum absolute atomic E-state index is 0.102. The molecule has 0 aromatic heterocycles. The Labute approximate surface area is 115 Å². The molecule has 0 radical (unpaired) electrons. The van der Waals surface area contributed by atoms with Crippen molar-refractivity contribution in [3.8, 4) is 0 Å². The molecule has 2 rings (SSSR count). The van der Waals surface area contributed by atoms with Crippen molar-refractivity contribution in [2.75, 3.05) is 32.8 Å². The van der Waals surface area contributed by atoms with Gasteiger partial charge >= 0.3 is 0 Å². The summed E-state index contributed by atoms with van der Waals surface area (Å²) < 4.78 is 0. The van der Waals surface area contributed by atoms with Crippen LogP contribution in [0, 0.1) is 0 Å². The maximum absolute atomic E-state index is 8.90. The largest absolute Gasteiger partial charge is 0.394 e. The highest BCUT2D eigenvalue weighted by Gasteiger charge is 2.25. The zero-order valence-corrected chi connectivity index (χ0v) is 11.5. The summed E-state index contributed by atoms with van der Waals surface area (Å²) in [5.74, 6) is 1.51. The predicted octanol–water partition coefficient (Wildman–Crippen LogP) is 1.43. The zero-order chi connectivity index (χ0) is 13.5. The van der Waals surface area contributed by atoms with E-state index in [2.05, 4.69) is 52.5 Å². The Hall–Kier alpha value is -1.55. The summed E-state index contributed by atoms with van der Waals surface area (Å²) in [6.07, 6.45) is 1.16. The van der Waals surface area contributed by atoms with E-state index in [4.69, 9.17) is 5.11 Å². The van der Waals surface area contributed by atoms with Gasteiger partial charge in [-0.2, -0.15) is 0 Å². The lowest BCUT2D eigenvalue weighted by Crippen LogP contribution is -2.40. The van der Waals surface area contributed by atoms with E-state index in [1.807, 2.05) is 0 Å². The summed E-state index contributed by atoms with van der Waals surface area (Å²) in [5.41, 5.74) is 1.41. The van der Waals surface area contributed by atoms with Crippen molar-refractivity contribution in [3.63, 3.8) is 0 Å². The van der Waals surface area contributed by atoms with E-state index in [1.54, 1.807) is 0 Å². The molecule has 2 N–H and O–H groups in total. The first kappa shape index (κ1) is 13.9. The van der Waals surface area contributed by atoms with Crippen molar-refractivity contribution in [2.45, 2.75) is 19.3 Å². The lowest BCUT2D eigenvalue weighted by molar-refractivity contribution is 0.305. The number of rotatable bonds is 4. The molecule has 19 heavy (non-hydrogen) atoms. The predicted molar refractivity (Wildman–Crippen MR) is 78.4 cm³/mol. The topological polar surface area (TPSA) is 47.9 Å². The Morgan fingerprint density at radius 3 is 2.89 bits per heavy atom. The van der Waals surface area contributed by atoms with Gasteiger partial charge in [0.15, 0.2) is 5.96 Å². The summed E-state index contributed by atoms with van der Waals surface area (Å²) in [7, 11) is 0. The highest BCUT2D eigenvalue weighted by Crippen LogP contribution is 2.26. The van der Waals surface area contributed by atoms with Gasteiger partial charge in [0.05, 0.1) is 13.2 Å². The molecular formula is C15H23N3O. The highest BCUT2D eigenvalue weighted by molar-refractivity contribution is 5.80. The number of benzene rings is 1. The molecule has 1 aromatic carbocycles. The van der Waals surface area contributed by atoms with Gasteiger partial charge < -0.3 is 15.3 Å². The van der Waals surface area contributed by atoms with Gasteiger partial charge in [-0.15, -0.1) is 0 Å². The third-order valence-electron chi connectivity index (χ3n) is 3.46. The van der Waals surface area contributed by atoms with E-state index >= 15 is 0 Å². The van der Waals surface area contributed by atoms with Gasteiger partial charge in [0.25, 0.3) is 0 Å². The molecule has 4 nitrogen and oxygen atoms in total. The Morgan fingerprint density at radius 1 is 1.42 bits per heavy atom. The molecule has 0 amide bonds. The second kappa shape index (κ2) is 7.14. The number of aliphatic imine (C=N–C) groups is 1. The van der Waals surface area contributed by atoms with E-state index < -0.39 is 0 Å². The first-order valence-electron chi connectivity index (χ1n) is 7.04. The Morgan fingerprint density at radius 2 is 2.21 bits per heavy atom. The van der Waals surface area contributed by atoms with Crippen molar-refractivity contribution in [3.05, 3.63) is 35.9 Å². The van der Waals surface area contributed by atoms with Crippen LogP contribution in [0.5, 0.6) is 0 Å².